The zero-order valence-electron chi connectivity index (χ0n) is 27.5. The summed E-state index contributed by atoms with van der Waals surface area (Å²) in [5.41, 5.74) is -2.56. The average molecular weight is 685 g/mol. The summed E-state index contributed by atoms with van der Waals surface area (Å²) in [5, 5.41) is 13.5. The van der Waals surface area contributed by atoms with Gasteiger partial charge in [-0.15, -0.1) is 0 Å². The van der Waals surface area contributed by atoms with Crippen molar-refractivity contribution in [1.82, 2.24) is 19.9 Å². The number of nitrogens with zero attached hydrogens (tertiary/aromatic N) is 5. The molecule has 14 heteroatoms. The number of benzene rings is 2. The molecule has 1 atom stereocenters. The quantitative estimate of drug-likeness (QED) is 0.221. The van der Waals surface area contributed by atoms with E-state index in [-0.39, 0.29) is 55.7 Å². The SMILES string of the molecule is CC(C)(C)OC(=O)Nc1nc2c(-c3c(F)cc4c(N5CCC[C@@](C)(O)C5)nc(OCC56CCCN5CCC6)nc4c3F)ccc(F)c2s1. The first-order valence-electron chi connectivity index (χ1n) is 16.4. The second-order valence-corrected chi connectivity index (χ2v) is 15.4. The molecule has 48 heavy (non-hydrogen) atoms. The Bertz CT molecular complexity index is 1900. The zero-order valence-corrected chi connectivity index (χ0v) is 28.3. The number of amides is 1. The third-order valence-corrected chi connectivity index (χ3v) is 10.4. The lowest BCUT2D eigenvalue weighted by Crippen LogP contribution is -2.46. The number of carbonyl (C=O) groups excluding carboxylic acids is 1. The summed E-state index contributed by atoms with van der Waals surface area (Å²) >= 11 is 0.828. The minimum atomic E-state index is -1.02. The predicted octanol–water partition coefficient (Wildman–Crippen LogP) is 7.03. The van der Waals surface area contributed by atoms with E-state index in [2.05, 4.69) is 25.2 Å². The molecule has 3 aliphatic rings. The fourth-order valence-corrected chi connectivity index (χ4v) is 8.28. The number of fused-ring (bicyclic) bond motifs is 3. The number of β-amino-alcohol motifs (C(OH)–C–C–N with tert-alkyl or cyclic N) is 1. The van der Waals surface area contributed by atoms with Gasteiger partial charge in [0.05, 0.1) is 26.9 Å². The van der Waals surface area contributed by atoms with Gasteiger partial charge in [-0.3, -0.25) is 10.2 Å². The van der Waals surface area contributed by atoms with Gasteiger partial charge in [0.15, 0.2) is 10.9 Å². The molecule has 2 aromatic carbocycles. The van der Waals surface area contributed by atoms with Crippen molar-refractivity contribution in [3.05, 3.63) is 35.7 Å². The first-order valence-corrected chi connectivity index (χ1v) is 17.2. The van der Waals surface area contributed by atoms with E-state index in [1.807, 2.05) is 4.90 Å². The number of aromatic nitrogens is 3. The summed E-state index contributed by atoms with van der Waals surface area (Å²) in [7, 11) is 0. The van der Waals surface area contributed by atoms with Gasteiger partial charge in [-0.05, 0) is 97.5 Å². The van der Waals surface area contributed by atoms with Crippen molar-refractivity contribution in [2.24, 2.45) is 0 Å². The van der Waals surface area contributed by atoms with Gasteiger partial charge < -0.3 is 19.5 Å². The Hall–Kier alpha value is -3.75. The summed E-state index contributed by atoms with van der Waals surface area (Å²) in [6.07, 6.45) is 4.58. The average Bonchev–Trinajstić information content (AvgIpc) is 3.70. The molecular formula is C34H39F3N6O4S. The number of rotatable bonds is 6. The van der Waals surface area contributed by atoms with Crippen LogP contribution in [0.1, 0.15) is 66.2 Å². The molecule has 3 saturated heterocycles. The van der Waals surface area contributed by atoms with Crippen LogP contribution in [-0.2, 0) is 4.74 Å². The van der Waals surface area contributed by atoms with E-state index in [0.29, 0.717) is 26.0 Å². The summed E-state index contributed by atoms with van der Waals surface area (Å²) < 4.78 is 59.6. The molecule has 1 amide bonds. The van der Waals surface area contributed by atoms with Crippen molar-refractivity contribution in [1.29, 1.82) is 0 Å². The van der Waals surface area contributed by atoms with Gasteiger partial charge in [-0.2, -0.15) is 9.97 Å². The Kier molecular flexibility index (Phi) is 8.19. The highest BCUT2D eigenvalue weighted by Gasteiger charge is 2.45. The van der Waals surface area contributed by atoms with Crippen LogP contribution in [0.4, 0.5) is 28.9 Å². The molecule has 7 rings (SSSR count). The van der Waals surface area contributed by atoms with Gasteiger partial charge >= 0.3 is 12.1 Å². The van der Waals surface area contributed by atoms with Crippen LogP contribution in [0.2, 0.25) is 0 Å². The summed E-state index contributed by atoms with van der Waals surface area (Å²) in [4.78, 5) is 30.2. The van der Waals surface area contributed by atoms with Gasteiger partial charge in [0.25, 0.3) is 0 Å². The largest absolute Gasteiger partial charge is 0.461 e. The Balaban J connectivity index is 1.33. The number of thiazole rings is 1. The highest BCUT2D eigenvalue weighted by molar-refractivity contribution is 7.22. The normalized spacial score (nSPS) is 21.2. The topological polar surface area (TPSA) is 113 Å². The third-order valence-electron chi connectivity index (χ3n) is 9.47. The Morgan fingerprint density at radius 3 is 2.46 bits per heavy atom. The first-order chi connectivity index (χ1) is 22.7. The molecule has 0 radical (unpaired) electrons. The lowest BCUT2D eigenvalue weighted by molar-refractivity contribution is 0.0446. The van der Waals surface area contributed by atoms with Gasteiger partial charge in [0, 0.05) is 24.0 Å². The van der Waals surface area contributed by atoms with Crippen LogP contribution in [0.5, 0.6) is 6.01 Å². The number of carbonyl (C=O) groups is 1. The van der Waals surface area contributed by atoms with E-state index in [1.165, 1.54) is 12.1 Å². The van der Waals surface area contributed by atoms with Crippen molar-refractivity contribution in [2.45, 2.75) is 83.0 Å². The first kappa shape index (κ1) is 32.8. The monoisotopic (exact) mass is 684 g/mol. The molecule has 0 bridgehead atoms. The maximum Gasteiger partial charge on any atom is 0.413 e. The summed E-state index contributed by atoms with van der Waals surface area (Å²) in [6, 6.07) is 3.51. The van der Waals surface area contributed by atoms with Crippen molar-refractivity contribution in [3.63, 3.8) is 0 Å². The van der Waals surface area contributed by atoms with Crippen LogP contribution >= 0.6 is 11.3 Å². The summed E-state index contributed by atoms with van der Waals surface area (Å²) in [6.45, 7) is 9.92. The van der Waals surface area contributed by atoms with E-state index in [0.717, 1.165) is 56.2 Å². The van der Waals surface area contributed by atoms with Crippen LogP contribution in [0, 0.1) is 17.5 Å². The standard InChI is InChI=1S/C34H39F3N6O4S/c1-32(2,3)47-31(44)41-30-39-26-19(8-9-21(35)27(26)48-30)23-22(36)16-20-25(24(23)37)38-29(40-28(20)42-13-5-10-33(4,45)17-42)46-18-34-11-6-14-43(34)15-7-12-34/h8-9,16,45H,5-7,10-15,17-18H2,1-4H3,(H,39,41,44)/t33-/m1/s1. The van der Waals surface area contributed by atoms with E-state index >= 15 is 13.2 Å². The van der Waals surface area contributed by atoms with E-state index in [9.17, 15) is 9.90 Å². The molecule has 2 N–H and O–H groups in total. The Labute approximate surface area is 280 Å². The minimum absolute atomic E-state index is 0.00762. The maximum absolute atomic E-state index is 16.8. The molecule has 3 aliphatic heterocycles. The molecule has 3 fully saturated rings. The maximum atomic E-state index is 16.8. The van der Waals surface area contributed by atoms with Gasteiger partial charge in [-0.25, -0.2) is 22.9 Å². The summed E-state index contributed by atoms with van der Waals surface area (Å²) in [5.74, 6) is -2.29. The number of hydrogen-bond donors (Lipinski definition) is 2. The fourth-order valence-electron chi connectivity index (χ4n) is 7.39. The Morgan fingerprint density at radius 2 is 1.75 bits per heavy atom. The number of hydrogen-bond acceptors (Lipinski definition) is 10. The number of piperidine rings is 1. The second-order valence-electron chi connectivity index (χ2n) is 14.4. The van der Waals surface area contributed by atoms with Gasteiger partial charge in [0.2, 0.25) is 0 Å². The Morgan fingerprint density at radius 1 is 1.02 bits per heavy atom. The molecule has 4 aromatic rings. The highest BCUT2D eigenvalue weighted by atomic mass is 32.1. The van der Waals surface area contributed by atoms with Crippen LogP contribution in [0.25, 0.3) is 32.2 Å². The fraction of sp³-hybridized carbons (Fsp3) is 0.529. The van der Waals surface area contributed by atoms with Gasteiger partial charge in [-0.1, -0.05) is 11.3 Å². The molecule has 0 aliphatic carbocycles. The van der Waals surface area contributed by atoms with Crippen LogP contribution < -0.4 is 15.0 Å². The van der Waals surface area contributed by atoms with Crippen LogP contribution in [0.3, 0.4) is 0 Å². The number of ether oxygens (including phenoxy) is 2. The lowest BCUT2D eigenvalue weighted by Gasteiger charge is -2.38. The molecule has 5 heterocycles. The van der Waals surface area contributed by atoms with Crippen molar-refractivity contribution >= 4 is 49.5 Å². The minimum Gasteiger partial charge on any atom is -0.461 e. The van der Waals surface area contributed by atoms with Crippen molar-refractivity contribution < 1.29 is 32.5 Å². The van der Waals surface area contributed by atoms with E-state index in [4.69, 9.17) is 9.47 Å². The van der Waals surface area contributed by atoms with Crippen molar-refractivity contribution in [3.8, 4) is 17.1 Å². The lowest BCUT2D eigenvalue weighted by atomic mass is 9.94. The van der Waals surface area contributed by atoms with E-state index < -0.39 is 40.3 Å². The number of nitrogens with one attached hydrogen (secondary N) is 1. The molecular weight excluding hydrogens is 645 g/mol. The number of anilines is 2. The zero-order chi connectivity index (χ0) is 34.0. The smallest absolute Gasteiger partial charge is 0.413 e. The van der Waals surface area contributed by atoms with E-state index in [1.54, 1.807) is 27.7 Å². The second kappa shape index (κ2) is 12.0. The molecule has 10 nitrogen and oxygen atoms in total. The molecule has 256 valence electrons. The van der Waals surface area contributed by atoms with Crippen LogP contribution in [-0.4, -0.2) is 80.6 Å². The number of halogens is 3. The molecule has 0 unspecified atom stereocenters. The number of aliphatic hydroxyl groups is 1. The molecule has 0 spiro atoms. The predicted molar refractivity (Wildman–Crippen MR) is 178 cm³/mol. The molecule has 0 saturated carbocycles. The highest BCUT2D eigenvalue weighted by Crippen LogP contribution is 2.43. The molecule has 2 aromatic heterocycles. The van der Waals surface area contributed by atoms with Crippen molar-refractivity contribution in [2.75, 3.05) is 43.0 Å². The van der Waals surface area contributed by atoms with Crippen LogP contribution in [0.15, 0.2) is 18.2 Å². The third kappa shape index (κ3) is 6.14. The van der Waals surface area contributed by atoms with Gasteiger partial charge in [0.1, 0.15) is 35.2 Å².